The molecule has 12 heteroatoms. The predicted octanol–water partition coefficient (Wildman–Crippen LogP) is 3.25. The molecule has 0 aromatic carbocycles. The Morgan fingerprint density at radius 2 is 1.28 bits per heavy atom. The number of hydrogen-bond acceptors (Lipinski definition) is 2. The van der Waals surface area contributed by atoms with E-state index in [1.807, 2.05) is 4.74 Å². The molecule has 0 saturated heterocycles. The van der Waals surface area contributed by atoms with Crippen LogP contribution >= 0.6 is 0 Å². The first-order valence-electron chi connectivity index (χ1n) is 3.62. The highest BCUT2D eigenvalue weighted by molar-refractivity contribution is 4.99. The van der Waals surface area contributed by atoms with E-state index in [1.54, 1.807) is 0 Å². The van der Waals surface area contributed by atoms with E-state index < -0.39 is 36.6 Å². The second-order valence-corrected chi connectivity index (χ2v) is 2.75. The van der Waals surface area contributed by atoms with Crippen LogP contribution in [0.25, 0.3) is 0 Å². The average Bonchev–Trinajstić information content (AvgIpc) is 2.14. The minimum absolute atomic E-state index is 0.493. The third-order valence-corrected chi connectivity index (χ3v) is 1.45. The highest BCUT2D eigenvalue weighted by Gasteiger charge is 2.73. The van der Waals surface area contributed by atoms with Crippen LogP contribution < -0.4 is 0 Å². The highest BCUT2D eigenvalue weighted by Crippen LogP contribution is 2.47. The zero-order valence-corrected chi connectivity index (χ0v) is 7.71. The molecule has 0 amide bonds. The summed E-state index contributed by atoms with van der Waals surface area (Å²) in [5.74, 6) is -12.3. The van der Waals surface area contributed by atoms with E-state index in [1.165, 1.54) is 0 Å². The Hall–Kier alpha value is -1.25. The molecule has 0 aliphatic rings. The maximum Gasteiger partial charge on any atom is 0.454 e. The van der Waals surface area contributed by atoms with Crippen molar-refractivity contribution < 1.29 is 48.6 Å². The number of hydrogen-bond donors (Lipinski definition) is 0. The zero-order chi connectivity index (χ0) is 15.0. The summed E-state index contributed by atoms with van der Waals surface area (Å²) in [6.45, 7) is 0. The second-order valence-electron chi connectivity index (χ2n) is 2.75. The molecule has 0 saturated carbocycles. The molecule has 0 aromatic heterocycles. The topological polar surface area (TPSA) is 33.0 Å². The van der Waals surface area contributed by atoms with Crippen molar-refractivity contribution >= 4 is 0 Å². The molecular formula is C6HF10NO. The van der Waals surface area contributed by atoms with Gasteiger partial charge in [0, 0.05) is 0 Å². The summed E-state index contributed by atoms with van der Waals surface area (Å²) >= 11 is 0. The van der Waals surface area contributed by atoms with Crippen LogP contribution in [0.5, 0.6) is 0 Å². The number of ether oxygens (including phenoxy) is 1. The van der Waals surface area contributed by atoms with Crippen LogP contribution in [0.3, 0.4) is 0 Å². The van der Waals surface area contributed by atoms with E-state index in [4.69, 9.17) is 5.26 Å². The van der Waals surface area contributed by atoms with E-state index >= 15 is 0 Å². The van der Waals surface area contributed by atoms with Gasteiger partial charge in [-0.05, 0) is 0 Å². The fourth-order valence-corrected chi connectivity index (χ4v) is 0.542. The molecular weight excluding hydrogens is 292 g/mol. The summed E-state index contributed by atoms with van der Waals surface area (Å²) in [6, 6.07) is -0.493. The molecule has 0 bridgehead atoms. The van der Waals surface area contributed by atoms with Gasteiger partial charge < -0.3 is 0 Å². The lowest BCUT2D eigenvalue weighted by molar-refractivity contribution is -0.462. The fourth-order valence-electron chi connectivity index (χ4n) is 0.542. The van der Waals surface area contributed by atoms with Crippen molar-refractivity contribution in [3.8, 4) is 6.07 Å². The molecule has 106 valence electrons. The Bertz CT molecular complexity index is 343. The van der Waals surface area contributed by atoms with Crippen molar-refractivity contribution in [1.29, 1.82) is 5.26 Å². The smallest absolute Gasteiger partial charge is 0.264 e. The third kappa shape index (κ3) is 2.77. The van der Waals surface area contributed by atoms with Gasteiger partial charge in [0.1, 0.15) is 6.07 Å². The largest absolute Gasteiger partial charge is 0.454 e. The standard InChI is InChI=1S/C6HF10NO/c7-2(8)4(11,5(12,13)14)18-6(15,16)3(9,10)1-17/h2H. The van der Waals surface area contributed by atoms with Gasteiger partial charge in [-0.2, -0.15) is 40.4 Å². The minimum Gasteiger partial charge on any atom is -0.264 e. The van der Waals surface area contributed by atoms with E-state index in [0.29, 0.717) is 0 Å². The van der Waals surface area contributed by atoms with E-state index in [-0.39, 0.29) is 0 Å². The molecule has 1 unspecified atom stereocenters. The lowest BCUT2D eigenvalue weighted by Crippen LogP contribution is -2.57. The summed E-state index contributed by atoms with van der Waals surface area (Å²) < 4.78 is 122. The lowest BCUT2D eigenvalue weighted by atomic mass is 10.3. The summed E-state index contributed by atoms with van der Waals surface area (Å²) in [6.07, 6.45) is -18.3. The molecule has 0 radical (unpaired) electrons. The van der Waals surface area contributed by atoms with E-state index in [2.05, 4.69) is 0 Å². The van der Waals surface area contributed by atoms with Gasteiger partial charge in [0.2, 0.25) is 0 Å². The number of alkyl halides is 10. The molecule has 18 heavy (non-hydrogen) atoms. The fraction of sp³-hybridized carbons (Fsp3) is 0.833. The van der Waals surface area contributed by atoms with Crippen molar-refractivity contribution in [2.75, 3.05) is 0 Å². The highest BCUT2D eigenvalue weighted by atomic mass is 19.4. The van der Waals surface area contributed by atoms with E-state index in [0.717, 1.165) is 0 Å². The van der Waals surface area contributed by atoms with Gasteiger partial charge in [-0.3, -0.25) is 4.74 Å². The van der Waals surface area contributed by atoms with Crippen LogP contribution in [0.15, 0.2) is 0 Å². The quantitative estimate of drug-likeness (QED) is 0.745. The SMILES string of the molecule is N#CC(F)(F)C(F)(F)OC(F)(C(F)F)C(F)(F)F. The van der Waals surface area contributed by atoms with Gasteiger partial charge in [-0.15, -0.1) is 0 Å². The van der Waals surface area contributed by atoms with Gasteiger partial charge in [-0.25, -0.2) is 8.78 Å². The molecule has 2 nitrogen and oxygen atoms in total. The van der Waals surface area contributed by atoms with Crippen molar-refractivity contribution in [1.82, 2.24) is 0 Å². The maximum absolute atomic E-state index is 12.6. The average molecular weight is 293 g/mol. The van der Waals surface area contributed by atoms with Crippen LogP contribution in [-0.4, -0.2) is 30.5 Å². The Labute approximate surface area is 91.7 Å². The Morgan fingerprint density at radius 1 is 0.889 bits per heavy atom. The molecule has 0 heterocycles. The Kier molecular flexibility index (Phi) is 4.14. The molecule has 0 rings (SSSR count). The van der Waals surface area contributed by atoms with Crippen LogP contribution in [0, 0.1) is 11.3 Å². The normalized spacial score (nSPS) is 17.4. The maximum atomic E-state index is 12.6. The number of rotatable bonds is 4. The summed E-state index contributed by atoms with van der Waals surface area (Å²) in [7, 11) is 0. The second kappa shape index (κ2) is 4.45. The van der Waals surface area contributed by atoms with Crippen LogP contribution in [0.2, 0.25) is 0 Å². The summed E-state index contributed by atoms with van der Waals surface area (Å²) in [5.41, 5.74) is 0. The van der Waals surface area contributed by atoms with Crippen LogP contribution in [-0.2, 0) is 4.74 Å². The predicted molar refractivity (Wildman–Crippen MR) is 32.5 cm³/mol. The molecule has 0 aliphatic heterocycles. The van der Waals surface area contributed by atoms with Gasteiger partial charge in [0.05, 0.1) is 0 Å². The first kappa shape index (κ1) is 16.8. The zero-order valence-electron chi connectivity index (χ0n) is 7.71. The summed E-state index contributed by atoms with van der Waals surface area (Å²) in [4.78, 5) is 0. The lowest BCUT2D eigenvalue weighted by Gasteiger charge is -2.31. The Balaban J connectivity index is 5.47. The molecule has 0 fully saturated rings. The minimum atomic E-state index is -6.71. The van der Waals surface area contributed by atoms with E-state index in [9.17, 15) is 43.9 Å². The first-order chi connectivity index (χ1) is 7.71. The number of halogens is 10. The van der Waals surface area contributed by atoms with Gasteiger partial charge >= 0.3 is 30.5 Å². The van der Waals surface area contributed by atoms with Crippen molar-refractivity contribution in [2.45, 2.75) is 30.5 Å². The first-order valence-corrected chi connectivity index (χ1v) is 3.62. The number of nitrogens with zero attached hydrogens (tertiary/aromatic N) is 1. The molecule has 1 atom stereocenters. The third-order valence-electron chi connectivity index (χ3n) is 1.45. The van der Waals surface area contributed by atoms with Gasteiger partial charge in [-0.1, -0.05) is 0 Å². The van der Waals surface area contributed by atoms with Crippen molar-refractivity contribution in [3.63, 3.8) is 0 Å². The summed E-state index contributed by atoms with van der Waals surface area (Å²) in [5, 5.41) is 7.52. The van der Waals surface area contributed by atoms with Gasteiger partial charge in [0.15, 0.2) is 0 Å². The van der Waals surface area contributed by atoms with Crippen molar-refractivity contribution in [2.24, 2.45) is 0 Å². The molecule has 0 N–H and O–H groups in total. The van der Waals surface area contributed by atoms with Crippen LogP contribution in [0.1, 0.15) is 0 Å². The number of nitriles is 1. The van der Waals surface area contributed by atoms with Crippen LogP contribution in [0.4, 0.5) is 43.9 Å². The monoisotopic (exact) mass is 293 g/mol. The molecule has 0 aliphatic carbocycles. The van der Waals surface area contributed by atoms with Gasteiger partial charge in [0.25, 0.3) is 0 Å². The van der Waals surface area contributed by atoms with Crippen molar-refractivity contribution in [3.05, 3.63) is 0 Å². The Morgan fingerprint density at radius 3 is 1.50 bits per heavy atom. The molecule has 0 aromatic rings. The molecule has 0 spiro atoms.